The number of rotatable bonds is 3. The predicted octanol–water partition coefficient (Wildman–Crippen LogP) is 2.19. The molecule has 2 amide bonds. The maximum absolute atomic E-state index is 13.6. The van der Waals surface area contributed by atoms with Crippen LogP contribution in [0.5, 0.6) is 0 Å². The van der Waals surface area contributed by atoms with E-state index < -0.39 is 35.7 Å². The first-order chi connectivity index (χ1) is 12.2. The van der Waals surface area contributed by atoms with E-state index in [-0.39, 0.29) is 11.3 Å². The summed E-state index contributed by atoms with van der Waals surface area (Å²) in [7, 11) is 0. The second-order valence-electron chi connectivity index (χ2n) is 5.80. The number of pyridine rings is 1. The van der Waals surface area contributed by atoms with Crippen LogP contribution in [-0.4, -0.2) is 33.8 Å². The molecule has 0 spiro atoms. The molecule has 1 aromatic carbocycles. The number of benzene rings is 1. The minimum atomic E-state index is -5.28. The van der Waals surface area contributed by atoms with E-state index in [0.29, 0.717) is 0 Å². The van der Waals surface area contributed by atoms with Gasteiger partial charge in [0.15, 0.2) is 5.78 Å². The first-order valence-electron chi connectivity index (χ1n) is 7.62. The normalized spacial score (nSPS) is 25.9. The maximum atomic E-state index is 13.6. The van der Waals surface area contributed by atoms with E-state index >= 15 is 0 Å². The summed E-state index contributed by atoms with van der Waals surface area (Å²) in [6.07, 6.45) is -3.97. The Morgan fingerprint density at radius 3 is 2.35 bits per heavy atom. The smallest absolute Gasteiger partial charge is 0.363 e. The Morgan fingerprint density at radius 2 is 1.77 bits per heavy atom. The lowest BCUT2D eigenvalue weighted by Crippen LogP contribution is -2.72. The number of halogens is 3. The number of hydrogen-bond donors (Lipinski definition) is 3. The summed E-state index contributed by atoms with van der Waals surface area (Å²) in [5, 5.41) is 14.1. The summed E-state index contributed by atoms with van der Waals surface area (Å²) in [6, 6.07) is 8.96. The predicted molar refractivity (Wildman–Crippen MR) is 83.9 cm³/mol. The average molecular weight is 365 g/mol. The molecule has 9 heteroatoms. The molecular formula is C17H14F3N3O3. The molecule has 1 aliphatic rings. The lowest BCUT2D eigenvalue weighted by atomic mass is 9.78. The number of amides is 2. The number of nitrogens with one attached hydrogen (secondary N) is 2. The second-order valence-corrected chi connectivity index (χ2v) is 5.80. The van der Waals surface area contributed by atoms with Gasteiger partial charge in [-0.1, -0.05) is 36.4 Å². The minimum Gasteiger partial charge on any atom is -0.363 e. The fourth-order valence-electron chi connectivity index (χ4n) is 2.93. The highest BCUT2D eigenvalue weighted by atomic mass is 19.4. The van der Waals surface area contributed by atoms with Crippen molar-refractivity contribution in [3.05, 3.63) is 66.0 Å². The third-order valence-corrected chi connectivity index (χ3v) is 4.15. The quantitative estimate of drug-likeness (QED) is 0.727. The number of aliphatic hydroxyl groups is 1. The minimum absolute atomic E-state index is 0.0271. The highest BCUT2D eigenvalue weighted by molar-refractivity contribution is 6.00. The van der Waals surface area contributed by atoms with Gasteiger partial charge in [-0.3, -0.25) is 9.78 Å². The zero-order valence-corrected chi connectivity index (χ0v) is 13.2. The number of Topliss-reactive ketones (excluding diaryl/α,β-unsaturated/α-hetero) is 1. The van der Waals surface area contributed by atoms with Crippen molar-refractivity contribution in [2.75, 3.05) is 0 Å². The SMILES string of the molecule is O=C1NC(c2ccccn2)C(C(=O)c2ccccc2)C(O)(C(F)(F)F)N1. The van der Waals surface area contributed by atoms with Gasteiger partial charge in [-0.2, -0.15) is 13.2 Å². The molecule has 3 N–H and O–H groups in total. The van der Waals surface area contributed by atoms with E-state index in [2.05, 4.69) is 10.3 Å². The molecule has 26 heavy (non-hydrogen) atoms. The highest BCUT2D eigenvalue weighted by Crippen LogP contribution is 2.43. The van der Waals surface area contributed by atoms with Gasteiger partial charge in [0, 0.05) is 11.8 Å². The second kappa shape index (κ2) is 6.41. The molecule has 1 aliphatic heterocycles. The number of ketones is 1. The van der Waals surface area contributed by atoms with Gasteiger partial charge in [-0.25, -0.2) is 4.79 Å². The molecule has 1 saturated heterocycles. The fraction of sp³-hybridized carbons (Fsp3) is 0.235. The van der Waals surface area contributed by atoms with Crippen molar-refractivity contribution >= 4 is 11.8 Å². The van der Waals surface area contributed by atoms with Crippen molar-refractivity contribution in [3.63, 3.8) is 0 Å². The molecule has 3 rings (SSSR count). The van der Waals surface area contributed by atoms with Crippen LogP contribution in [0, 0.1) is 5.92 Å². The first-order valence-corrected chi connectivity index (χ1v) is 7.62. The summed E-state index contributed by atoms with van der Waals surface area (Å²) in [5.74, 6) is -3.05. The van der Waals surface area contributed by atoms with E-state index in [1.54, 1.807) is 6.07 Å². The molecule has 3 atom stereocenters. The van der Waals surface area contributed by atoms with Gasteiger partial charge < -0.3 is 15.7 Å². The number of carbonyl (C=O) groups excluding carboxylic acids is 2. The fourth-order valence-corrected chi connectivity index (χ4v) is 2.93. The zero-order valence-electron chi connectivity index (χ0n) is 13.2. The lowest BCUT2D eigenvalue weighted by molar-refractivity contribution is -0.287. The number of nitrogens with zero attached hydrogens (tertiary/aromatic N) is 1. The van der Waals surface area contributed by atoms with E-state index in [9.17, 15) is 27.9 Å². The van der Waals surface area contributed by atoms with Crippen LogP contribution in [0.2, 0.25) is 0 Å². The van der Waals surface area contributed by atoms with Gasteiger partial charge in [0.25, 0.3) is 0 Å². The van der Waals surface area contributed by atoms with Crippen LogP contribution in [0.3, 0.4) is 0 Å². The van der Waals surface area contributed by atoms with Crippen LogP contribution in [0.1, 0.15) is 22.1 Å². The van der Waals surface area contributed by atoms with Crippen molar-refractivity contribution in [1.29, 1.82) is 0 Å². The Bertz CT molecular complexity index is 814. The van der Waals surface area contributed by atoms with E-state index in [0.717, 1.165) is 0 Å². The molecule has 0 saturated carbocycles. The van der Waals surface area contributed by atoms with Gasteiger partial charge in [0.05, 0.1) is 11.7 Å². The Labute approximate surface area is 146 Å². The summed E-state index contributed by atoms with van der Waals surface area (Å²) in [6.45, 7) is 0. The number of hydrogen-bond acceptors (Lipinski definition) is 4. The van der Waals surface area contributed by atoms with Crippen molar-refractivity contribution in [3.8, 4) is 0 Å². The molecule has 2 aromatic rings. The summed E-state index contributed by atoms with van der Waals surface area (Å²) in [4.78, 5) is 28.6. The number of carbonyl (C=O) groups is 2. The van der Waals surface area contributed by atoms with Crippen molar-refractivity contribution in [2.24, 2.45) is 5.92 Å². The summed E-state index contributed by atoms with van der Waals surface area (Å²) >= 11 is 0. The van der Waals surface area contributed by atoms with Gasteiger partial charge >= 0.3 is 12.2 Å². The maximum Gasteiger partial charge on any atom is 0.437 e. The number of urea groups is 1. The third kappa shape index (κ3) is 3.01. The molecule has 0 bridgehead atoms. The van der Waals surface area contributed by atoms with Crippen LogP contribution < -0.4 is 10.6 Å². The Kier molecular flexibility index (Phi) is 4.41. The Balaban J connectivity index is 2.15. The molecule has 136 valence electrons. The Morgan fingerprint density at radius 1 is 1.12 bits per heavy atom. The Hall–Kier alpha value is -2.94. The molecule has 2 heterocycles. The van der Waals surface area contributed by atoms with E-state index in [1.807, 2.05) is 0 Å². The summed E-state index contributed by atoms with van der Waals surface area (Å²) in [5.41, 5.74) is -3.75. The van der Waals surface area contributed by atoms with Crippen LogP contribution in [0.4, 0.5) is 18.0 Å². The molecule has 0 radical (unpaired) electrons. The van der Waals surface area contributed by atoms with Crippen molar-refractivity contribution < 1.29 is 27.9 Å². The summed E-state index contributed by atoms with van der Waals surface area (Å²) < 4.78 is 40.9. The largest absolute Gasteiger partial charge is 0.437 e. The molecule has 1 fully saturated rings. The van der Waals surface area contributed by atoms with Gasteiger partial charge in [-0.15, -0.1) is 0 Å². The van der Waals surface area contributed by atoms with Crippen LogP contribution >= 0.6 is 0 Å². The van der Waals surface area contributed by atoms with E-state index in [1.165, 1.54) is 54.0 Å². The third-order valence-electron chi connectivity index (χ3n) is 4.15. The molecular weight excluding hydrogens is 351 g/mol. The van der Waals surface area contributed by atoms with E-state index in [4.69, 9.17) is 0 Å². The molecule has 1 aromatic heterocycles. The number of alkyl halides is 3. The topological polar surface area (TPSA) is 91.3 Å². The van der Waals surface area contributed by atoms with Crippen LogP contribution in [0.15, 0.2) is 54.7 Å². The molecule has 3 unspecified atom stereocenters. The standard InChI is InChI=1S/C17H14F3N3O3/c18-17(19,20)16(26)12(14(24)10-6-2-1-3-7-10)13(22-15(25)23-16)11-8-4-5-9-21-11/h1-9,12-13,26H,(H2,22,23,25). The van der Waals surface area contributed by atoms with Gasteiger partial charge in [0.2, 0.25) is 5.72 Å². The molecule has 6 nitrogen and oxygen atoms in total. The van der Waals surface area contributed by atoms with Gasteiger partial charge in [-0.05, 0) is 12.1 Å². The first kappa shape index (κ1) is 17.9. The zero-order chi connectivity index (χ0) is 18.9. The van der Waals surface area contributed by atoms with Crippen molar-refractivity contribution in [2.45, 2.75) is 17.9 Å². The van der Waals surface area contributed by atoms with Crippen LogP contribution in [-0.2, 0) is 0 Å². The highest BCUT2D eigenvalue weighted by Gasteiger charge is 2.66. The van der Waals surface area contributed by atoms with Crippen LogP contribution in [0.25, 0.3) is 0 Å². The lowest BCUT2D eigenvalue weighted by Gasteiger charge is -2.44. The van der Waals surface area contributed by atoms with Crippen molar-refractivity contribution in [1.82, 2.24) is 15.6 Å². The monoisotopic (exact) mass is 365 g/mol. The molecule has 0 aliphatic carbocycles. The number of aromatic nitrogens is 1. The van der Waals surface area contributed by atoms with Gasteiger partial charge in [0.1, 0.15) is 5.92 Å². The average Bonchev–Trinajstić information content (AvgIpc) is 2.61.